The van der Waals surface area contributed by atoms with Gasteiger partial charge in [-0.05, 0) is 41.7 Å². The van der Waals surface area contributed by atoms with Gasteiger partial charge in [0.25, 0.3) is 0 Å². The molecule has 3 nitrogen and oxygen atoms in total. The Morgan fingerprint density at radius 3 is 2.81 bits per heavy atom. The molecule has 0 aliphatic carbocycles. The van der Waals surface area contributed by atoms with E-state index in [4.69, 9.17) is 0 Å². The Balaban J connectivity index is 1.69. The number of carbonyl (C=O) groups is 1. The zero-order valence-corrected chi connectivity index (χ0v) is 12.2. The van der Waals surface area contributed by atoms with E-state index in [1.807, 2.05) is 30.3 Å². The number of carbonyl (C=O) groups excluding carboxylic acids is 1. The van der Waals surface area contributed by atoms with Crippen molar-refractivity contribution in [1.29, 1.82) is 0 Å². The number of hydrogen-bond acceptors (Lipinski definition) is 2. The summed E-state index contributed by atoms with van der Waals surface area (Å²) in [5.74, 6) is 0.0396. The van der Waals surface area contributed by atoms with E-state index in [9.17, 15) is 4.79 Å². The summed E-state index contributed by atoms with van der Waals surface area (Å²) in [5, 5.41) is 6.33. The van der Waals surface area contributed by atoms with Crippen molar-refractivity contribution in [2.75, 3.05) is 5.32 Å². The monoisotopic (exact) mass is 280 g/mol. The van der Waals surface area contributed by atoms with Crippen molar-refractivity contribution in [2.45, 2.75) is 32.4 Å². The summed E-state index contributed by atoms with van der Waals surface area (Å²) in [4.78, 5) is 12.4. The van der Waals surface area contributed by atoms with Gasteiger partial charge in [0.05, 0.1) is 6.04 Å². The molecule has 0 aromatic heterocycles. The van der Waals surface area contributed by atoms with Crippen LogP contribution in [-0.4, -0.2) is 11.9 Å². The average molecular weight is 280 g/mol. The summed E-state index contributed by atoms with van der Waals surface area (Å²) in [6.07, 6.45) is 1.72. The molecule has 0 unspecified atom stereocenters. The Kier molecular flexibility index (Phi) is 4.02. The van der Waals surface area contributed by atoms with Crippen LogP contribution in [0.3, 0.4) is 0 Å². The maximum atomic E-state index is 12.4. The first-order valence-corrected chi connectivity index (χ1v) is 7.46. The van der Waals surface area contributed by atoms with Gasteiger partial charge in [0.1, 0.15) is 0 Å². The van der Waals surface area contributed by atoms with E-state index < -0.39 is 0 Å². The molecule has 1 aliphatic heterocycles. The van der Waals surface area contributed by atoms with Crippen LogP contribution >= 0.6 is 0 Å². The number of nitrogens with one attached hydrogen (secondary N) is 2. The number of hydrogen-bond donors (Lipinski definition) is 2. The predicted octanol–water partition coefficient (Wildman–Crippen LogP) is 2.90. The molecule has 108 valence electrons. The number of benzene rings is 2. The van der Waals surface area contributed by atoms with Crippen LogP contribution in [-0.2, 0) is 24.2 Å². The number of fused-ring (bicyclic) bond motifs is 1. The highest BCUT2D eigenvalue weighted by molar-refractivity contribution is 5.95. The molecule has 0 saturated carbocycles. The largest absolute Gasteiger partial charge is 0.325 e. The lowest BCUT2D eigenvalue weighted by Crippen LogP contribution is -2.44. The van der Waals surface area contributed by atoms with E-state index in [-0.39, 0.29) is 11.9 Å². The quantitative estimate of drug-likeness (QED) is 0.907. The molecular formula is C18H20N2O. The Bertz CT molecular complexity index is 651. The predicted molar refractivity (Wildman–Crippen MR) is 85.2 cm³/mol. The van der Waals surface area contributed by atoms with E-state index in [2.05, 4.69) is 35.8 Å². The molecule has 0 radical (unpaired) electrons. The first-order chi connectivity index (χ1) is 10.3. The molecule has 0 saturated heterocycles. The van der Waals surface area contributed by atoms with Gasteiger partial charge in [-0.2, -0.15) is 0 Å². The maximum Gasteiger partial charge on any atom is 0.241 e. The SMILES string of the molecule is CCc1cccc(NC(=O)[C@H]2Cc3ccccc3CN2)c1. The van der Waals surface area contributed by atoms with Crippen molar-refractivity contribution < 1.29 is 4.79 Å². The zero-order valence-electron chi connectivity index (χ0n) is 12.2. The molecule has 1 aliphatic rings. The standard InChI is InChI=1S/C18H20N2O/c1-2-13-6-5-9-16(10-13)20-18(21)17-11-14-7-3-4-8-15(14)12-19-17/h3-10,17,19H,2,11-12H2,1H3,(H,20,21)/t17-/m1/s1. The summed E-state index contributed by atoms with van der Waals surface area (Å²) >= 11 is 0. The van der Waals surface area contributed by atoms with Gasteiger partial charge >= 0.3 is 0 Å². The molecule has 1 atom stereocenters. The minimum Gasteiger partial charge on any atom is -0.325 e. The smallest absolute Gasteiger partial charge is 0.241 e. The molecule has 21 heavy (non-hydrogen) atoms. The molecule has 0 spiro atoms. The van der Waals surface area contributed by atoms with Crippen LogP contribution in [0.4, 0.5) is 5.69 Å². The van der Waals surface area contributed by atoms with Crippen molar-refractivity contribution in [2.24, 2.45) is 0 Å². The van der Waals surface area contributed by atoms with Crippen molar-refractivity contribution in [3.05, 3.63) is 65.2 Å². The third-order valence-electron chi connectivity index (χ3n) is 4.00. The Morgan fingerprint density at radius 1 is 1.19 bits per heavy atom. The molecule has 1 heterocycles. The topological polar surface area (TPSA) is 41.1 Å². The summed E-state index contributed by atoms with van der Waals surface area (Å²) < 4.78 is 0. The van der Waals surface area contributed by atoms with Crippen molar-refractivity contribution in [1.82, 2.24) is 5.32 Å². The number of anilines is 1. The zero-order chi connectivity index (χ0) is 14.7. The van der Waals surface area contributed by atoms with Crippen LogP contribution in [0.1, 0.15) is 23.6 Å². The van der Waals surface area contributed by atoms with E-state index in [1.54, 1.807) is 0 Å². The van der Waals surface area contributed by atoms with E-state index >= 15 is 0 Å². The first kappa shape index (κ1) is 13.8. The van der Waals surface area contributed by atoms with E-state index in [0.717, 1.165) is 25.1 Å². The van der Waals surface area contributed by atoms with E-state index in [0.29, 0.717) is 0 Å². The fourth-order valence-electron chi connectivity index (χ4n) is 2.74. The van der Waals surface area contributed by atoms with Gasteiger partial charge in [0.15, 0.2) is 0 Å². The second kappa shape index (κ2) is 6.10. The normalized spacial score (nSPS) is 17.1. The third kappa shape index (κ3) is 3.14. The van der Waals surface area contributed by atoms with Crippen molar-refractivity contribution in [3.8, 4) is 0 Å². The highest BCUT2D eigenvalue weighted by Gasteiger charge is 2.23. The van der Waals surface area contributed by atoms with Crippen molar-refractivity contribution in [3.63, 3.8) is 0 Å². The fourth-order valence-corrected chi connectivity index (χ4v) is 2.74. The van der Waals surface area contributed by atoms with Gasteiger partial charge in [0, 0.05) is 12.2 Å². The second-order valence-electron chi connectivity index (χ2n) is 5.45. The lowest BCUT2D eigenvalue weighted by molar-refractivity contribution is -0.118. The van der Waals surface area contributed by atoms with Gasteiger partial charge in [-0.15, -0.1) is 0 Å². The van der Waals surface area contributed by atoms with Crippen LogP contribution in [0, 0.1) is 0 Å². The van der Waals surface area contributed by atoms with Crippen LogP contribution in [0.15, 0.2) is 48.5 Å². The van der Waals surface area contributed by atoms with E-state index in [1.165, 1.54) is 16.7 Å². The van der Waals surface area contributed by atoms with Gasteiger partial charge in [-0.1, -0.05) is 43.3 Å². The lowest BCUT2D eigenvalue weighted by atomic mass is 9.95. The third-order valence-corrected chi connectivity index (χ3v) is 4.00. The molecule has 3 rings (SSSR count). The Hall–Kier alpha value is -2.13. The molecule has 0 bridgehead atoms. The molecule has 2 N–H and O–H groups in total. The Morgan fingerprint density at radius 2 is 2.00 bits per heavy atom. The average Bonchev–Trinajstić information content (AvgIpc) is 2.54. The molecule has 1 amide bonds. The minimum atomic E-state index is -0.162. The van der Waals surface area contributed by atoms with Crippen LogP contribution in [0.25, 0.3) is 0 Å². The molecular weight excluding hydrogens is 260 g/mol. The molecule has 3 heteroatoms. The summed E-state index contributed by atoms with van der Waals surface area (Å²) in [6.45, 7) is 2.86. The highest BCUT2D eigenvalue weighted by atomic mass is 16.2. The minimum absolute atomic E-state index is 0.0396. The number of aryl methyl sites for hydroxylation is 1. The summed E-state index contributed by atoms with van der Waals surface area (Å²) in [7, 11) is 0. The summed E-state index contributed by atoms with van der Waals surface area (Å²) in [5.41, 5.74) is 4.66. The van der Waals surface area contributed by atoms with Gasteiger partial charge in [-0.25, -0.2) is 0 Å². The highest BCUT2D eigenvalue weighted by Crippen LogP contribution is 2.18. The number of rotatable bonds is 3. The molecule has 0 fully saturated rings. The second-order valence-corrected chi connectivity index (χ2v) is 5.45. The molecule has 2 aromatic rings. The molecule has 2 aromatic carbocycles. The van der Waals surface area contributed by atoms with Crippen molar-refractivity contribution >= 4 is 11.6 Å². The Labute approximate surface area is 125 Å². The first-order valence-electron chi connectivity index (χ1n) is 7.46. The van der Waals surface area contributed by atoms with Crippen LogP contribution in [0.2, 0.25) is 0 Å². The van der Waals surface area contributed by atoms with Crippen LogP contribution in [0.5, 0.6) is 0 Å². The number of amides is 1. The van der Waals surface area contributed by atoms with Gasteiger partial charge in [0.2, 0.25) is 5.91 Å². The van der Waals surface area contributed by atoms with Gasteiger partial charge in [-0.3, -0.25) is 4.79 Å². The van der Waals surface area contributed by atoms with Gasteiger partial charge < -0.3 is 10.6 Å². The van der Waals surface area contributed by atoms with Crippen LogP contribution < -0.4 is 10.6 Å². The lowest BCUT2D eigenvalue weighted by Gasteiger charge is -2.25. The fraction of sp³-hybridized carbons (Fsp3) is 0.278. The summed E-state index contributed by atoms with van der Waals surface area (Å²) in [6, 6.07) is 16.2. The maximum absolute atomic E-state index is 12.4.